The fraction of sp³-hybridized carbons (Fsp3) is 0.133. The van der Waals surface area contributed by atoms with Crippen LogP contribution in [0.5, 0.6) is 0 Å². The number of thiophene rings is 1. The van der Waals surface area contributed by atoms with E-state index in [1.165, 1.54) is 23.7 Å². The highest BCUT2D eigenvalue weighted by molar-refractivity contribution is 7.18. The Morgan fingerprint density at radius 1 is 1.27 bits per heavy atom. The number of aryl methyl sites for hydroxylation is 2. The highest BCUT2D eigenvalue weighted by Gasteiger charge is 2.12. The summed E-state index contributed by atoms with van der Waals surface area (Å²) in [6, 6.07) is 3.52. The first-order chi connectivity index (χ1) is 10.5. The summed E-state index contributed by atoms with van der Waals surface area (Å²) in [4.78, 5) is 18.2. The Balaban J connectivity index is 2.12. The molecule has 4 nitrogen and oxygen atoms in total. The molecular weight excluding hydrogens is 308 g/mol. The summed E-state index contributed by atoms with van der Waals surface area (Å²) in [5.74, 6) is -1.48. The highest BCUT2D eigenvalue weighted by atomic mass is 32.1. The molecule has 0 spiro atoms. The van der Waals surface area contributed by atoms with Gasteiger partial charge in [0.05, 0.1) is 17.2 Å². The van der Waals surface area contributed by atoms with Crippen molar-refractivity contribution in [3.8, 4) is 0 Å². The summed E-state index contributed by atoms with van der Waals surface area (Å²) in [5, 5.41) is 4.32. The first-order valence-electron chi connectivity index (χ1n) is 6.44. The number of hydrogen-bond donors (Lipinski definition) is 0. The number of halogens is 2. The zero-order valence-corrected chi connectivity index (χ0v) is 12.6. The fourth-order valence-electron chi connectivity index (χ4n) is 2.06. The van der Waals surface area contributed by atoms with Crippen molar-refractivity contribution in [3.05, 3.63) is 62.5 Å². The second-order valence-corrected chi connectivity index (χ2v) is 5.94. The quantitative estimate of drug-likeness (QED) is 0.681. The van der Waals surface area contributed by atoms with E-state index in [1.807, 2.05) is 13.8 Å². The van der Waals surface area contributed by atoms with Crippen molar-refractivity contribution in [1.29, 1.82) is 0 Å². The molecule has 22 heavy (non-hydrogen) atoms. The normalized spacial score (nSPS) is 11.6. The maximum Gasteiger partial charge on any atom is 0.282 e. The van der Waals surface area contributed by atoms with Crippen LogP contribution in [0.15, 0.2) is 34.4 Å². The van der Waals surface area contributed by atoms with Crippen molar-refractivity contribution in [3.63, 3.8) is 0 Å². The predicted molar refractivity (Wildman–Crippen MR) is 82.7 cm³/mol. The van der Waals surface area contributed by atoms with Gasteiger partial charge in [0.1, 0.15) is 22.8 Å². The van der Waals surface area contributed by atoms with E-state index in [-0.39, 0.29) is 11.1 Å². The first-order valence-corrected chi connectivity index (χ1v) is 7.26. The van der Waals surface area contributed by atoms with Crippen LogP contribution in [0.4, 0.5) is 8.78 Å². The van der Waals surface area contributed by atoms with E-state index in [1.54, 1.807) is 0 Å². The minimum Gasteiger partial charge on any atom is -0.267 e. The van der Waals surface area contributed by atoms with Gasteiger partial charge in [-0.05, 0) is 31.5 Å². The Morgan fingerprint density at radius 3 is 2.64 bits per heavy atom. The third-order valence-electron chi connectivity index (χ3n) is 3.38. The van der Waals surface area contributed by atoms with E-state index < -0.39 is 11.6 Å². The zero-order valence-electron chi connectivity index (χ0n) is 11.8. The number of benzene rings is 1. The van der Waals surface area contributed by atoms with Crippen LogP contribution in [0, 0.1) is 25.5 Å². The van der Waals surface area contributed by atoms with E-state index in [0.29, 0.717) is 10.2 Å². The Kier molecular flexibility index (Phi) is 3.58. The average molecular weight is 319 g/mol. The van der Waals surface area contributed by atoms with Gasteiger partial charge in [-0.1, -0.05) is 6.07 Å². The molecule has 3 aromatic rings. The summed E-state index contributed by atoms with van der Waals surface area (Å²) in [5.41, 5.74) is 0.187. The molecule has 2 aromatic heterocycles. The van der Waals surface area contributed by atoms with Crippen LogP contribution in [0.2, 0.25) is 0 Å². The molecular formula is C15H11F2N3OS. The lowest BCUT2D eigenvalue weighted by molar-refractivity contribution is 0.579. The van der Waals surface area contributed by atoms with Crippen LogP contribution in [0.3, 0.4) is 0 Å². The molecule has 7 heteroatoms. The number of rotatable bonds is 2. The Bertz CT molecular complexity index is 939. The van der Waals surface area contributed by atoms with E-state index in [0.717, 1.165) is 33.5 Å². The summed E-state index contributed by atoms with van der Waals surface area (Å²) in [7, 11) is 0. The molecule has 0 bridgehead atoms. The molecule has 0 unspecified atom stereocenters. The van der Waals surface area contributed by atoms with E-state index in [9.17, 15) is 13.6 Å². The highest BCUT2D eigenvalue weighted by Crippen LogP contribution is 2.25. The van der Waals surface area contributed by atoms with Gasteiger partial charge < -0.3 is 0 Å². The summed E-state index contributed by atoms with van der Waals surface area (Å²) < 4.78 is 28.1. The molecule has 112 valence electrons. The van der Waals surface area contributed by atoms with Gasteiger partial charge in [0, 0.05) is 4.88 Å². The fourth-order valence-corrected chi connectivity index (χ4v) is 3.05. The summed E-state index contributed by atoms with van der Waals surface area (Å²) in [6.07, 6.45) is 2.23. The van der Waals surface area contributed by atoms with Gasteiger partial charge in [0.25, 0.3) is 5.56 Å². The molecule has 0 aliphatic rings. The third-order valence-corrected chi connectivity index (χ3v) is 4.50. The molecule has 2 heterocycles. The second kappa shape index (κ2) is 5.42. The largest absolute Gasteiger partial charge is 0.282 e. The first kappa shape index (κ1) is 14.5. The second-order valence-electron chi connectivity index (χ2n) is 4.74. The third kappa shape index (κ3) is 2.33. The smallest absolute Gasteiger partial charge is 0.267 e. The molecule has 0 atom stereocenters. The van der Waals surface area contributed by atoms with Gasteiger partial charge >= 0.3 is 0 Å². The molecule has 3 rings (SSSR count). The van der Waals surface area contributed by atoms with Gasteiger partial charge in [0.2, 0.25) is 0 Å². The lowest BCUT2D eigenvalue weighted by Gasteiger charge is -2.00. The van der Waals surface area contributed by atoms with Gasteiger partial charge in [-0.2, -0.15) is 9.78 Å². The number of hydrogen-bond acceptors (Lipinski definition) is 4. The summed E-state index contributed by atoms with van der Waals surface area (Å²) in [6.45, 7) is 3.74. The average Bonchev–Trinajstić information content (AvgIpc) is 2.76. The van der Waals surface area contributed by atoms with Crippen molar-refractivity contribution in [1.82, 2.24) is 9.66 Å². The lowest BCUT2D eigenvalue weighted by Crippen LogP contribution is -2.17. The topological polar surface area (TPSA) is 47.2 Å². The molecule has 0 amide bonds. The summed E-state index contributed by atoms with van der Waals surface area (Å²) >= 11 is 1.42. The molecule has 0 fully saturated rings. The molecule has 0 aliphatic heterocycles. The SMILES string of the molecule is Cc1sc2ncn(N=Cc3c(F)cccc3F)c(=O)c2c1C. The van der Waals surface area contributed by atoms with Crippen LogP contribution in [-0.4, -0.2) is 15.9 Å². The molecule has 0 aliphatic carbocycles. The molecule has 0 N–H and O–H groups in total. The maximum absolute atomic E-state index is 13.5. The minimum absolute atomic E-state index is 0.298. The zero-order chi connectivity index (χ0) is 15.9. The van der Waals surface area contributed by atoms with Crippen molar-refractivity contribution in [2.75, 3.05) is 0 Å². The minimum atomic E-state index is -0.742. The Hall–Kier alpha value is -2.41. The standard InChI is InChI=1S/C15H11F2N3OS/c1-8-9(2)22-14-13(8)15(21)20(7-18-14)19-6-10-11(16)4-3-5-12(10)17/h3-7H,1-2H3. The van der Waals surface area contributed by atoms with Crippen molar-refractivity contribution in [2.24, 2.45) is 5.10 Å². The van der Waals surface area contributed by atoms with Gasteiger partial charge in [0.15, 0.2) is 0 Å². The van der Waals surface area contributed by atoms with Crippen molar-refractivity contribution < 1.29 is 8.78 Å². The van der Waals surface area contributed by atoms with E-state index in [2.05, 4.69) is 10.1 Å². The van der Waals surface area contributed by atoms with E-state index in [4.69, 9.17) is 0 Å². The molecule has 0 radical (unpaired) electrons. The van der Waals surface area contributed by atoms with Gasteiger partial charge in [-0.25, -0.2) is 13.8 Å². The molecule has 0 saturated carbocycles. The molecule has 1 aromatic carbocycles. The van der Waals surface area contributed by atoms with Crippen LogP contribution < -0.4 is 5.56 Å². The van der Waals surface area contributed by atoms with Crippen LogP contribution >= 0.6 is 11.3 Å². The van der Waals surface area contributed by atoms with Crippen molar-refractivity contribution in [2.45, 2.75) is 13.8 Å². The van der Waals surface area contributed by atoms with Crippen LogP contribution in [0.1, 0.15) is 16.0 Å². The Morgan fingerprint density at radius 2 is 1.95 bits per heavy atom. The van der Waals surface area contributed by atoms with Gasteiger partial charge in [-0.15, -0.1) is 11.3 Å². The van der Waals surface area contributed by atoms with Crippen LogP contribution in [-0.2, 0) is 0 Å². The maximum atomic E-state index is 13.5. The van der Waals surface area contributed by atoms with Crippen LogP contribution in [0.25, 0.3) is 10.2 Å². The predicted octanol–water partition coefficient (Wildman–Crippen LogP) is 3.24. The van der Waals surface area contributed by atoms with Crippen molar-refractivity contribution >= 4 is 27.8 Å². The van der Waals surface area contributed by atoms with E-state index >= 15 is 0 Å². The number of aromatic nitrogens is 2. The monoisotopic (exact) mass is 319 g/mol. The number of fused-ring (bicyclic) bond motifs is 1. The lowest BCUT2D eigenvalue weighted by atomic mass is 10.2. The Labute approximate surface area is 128 Å². The molecule has 0 saturated heterocycles. The number of nitrogens with zero attached hydrogens (tertiary/aromatic N) is 3. The van der Waals surface area contributed by atoms with Gasteiger partial charge in [-0.3, -0.25) is 4.79 Å².